The molecule has 0 saturated heterocycles. The average molecular weight is 541 g/mol. The molecule has 4 aromatic rings. The molecule has 0 amide bonds. The molecule has 4 heterocycles. The minimum atomic E-state index is -4.53. The Morgan fingerprint density at radius 2 is 1.97 bits per heavy atom. The van der Waals surface area contributed by atoms with Crippen molar-refractivity contribution < 1.29 is 13.2 Å². The molecule has 12 heteroatoms. The second-order valence-corrected chi connectivity index (χ2v) is 9.85. The third-order valence-electron chi connectivity index (χ3n) is 6.49. The molecule has 0 fully saturated rings. The van der Waals surface area contributed by atoms with Gasteiger partial charge in [0.05, 0.1) is 16.9 Å². The summed E-state index contributed by atoms with van der Waals surface area (Å²) in [5.74, 6) is 0.124. The van der Waals surface area contributed by atoms with Crippen molar-refractivity contribution in [3.05, 3.63) is 63.8 Å². The van der Waals surface area contributed by atoms with Crippen LogP contribution in [0, 0.1) is 11.3 Å². The maximum atomic E-state index is 13.0. The van der Waals surface area contributed by atoms with E-state index in [1.807, 2.05) is 13.8 Å². The number of nitrogens with one attached hydrogen (secondary N) is 1. The highest BCUT2D eigenvalue weighted by Crippen LogP contribution is 2.39. The molecule has 1 aliphatic carbocycles. The Labute approximate surface area is 222 Å². The van der Waals surface area contributed by atoms with Crippen molar-refractivity contribution in [2.45, 2.75) is 51.9 Å². The van der Waals surface area contributed by atoms with Crippen LogP contribution < -0.4 is 5.32 Å². The van der Waals surface area contributed by atoms with Gasteiger partial charge in [-0.1, -0.05) is 17.7 Å². The third-order valence-corrected chi connectivity index (χ3v) is 6.77. The number of aromatic nitrogens is 6. The fourth-order valence-electron chi connectivity index (χ4n) is 4.70. The Morgan fingerprint density at radius 3 is 2.61 bits per heavy atom. The van der Waals surface area contributed by atoms with Gasteiger partial charge in [-0.3, -0.25) is 9.67 Å². The molecule has 0 bridgehead atoms. The summed E-state index contributed by atoms with van der Waals surface area (Å²) in [5, 5.41) is 18.4. The molecular weight excluding hydrogens is 517 g/mol. The molecule has 1 N–H and O–H groups in total. The van der Waals surface area contributed by atoms with E-state index in [0.717, 1.165) is 42.3 Å². The van der Waals surface area contributed by atoms with Gasteiger partial charge < -0.3 is 9.88 Å². The van der Waals surface area contributed by atoms with Gasteiger partial charge in [0.25, 0.3) is 0 Å². The van der Waals surface area contributed by atoms with Gasteiger partial charge in [-0.25, -0.2) is 9.97 Å². The SMILES string of the molecule is CC(C)n1ncc(Cl)c1-c1nc2c(c(NCc3ccc(-c4nc(C(F)(F)F)cn4C)nc3)c1C#N)CCC2. The summed E-state index contributed by atoms with van der Waals surface area (Å²) in [6, 6.07) is 5.75. The Bertz CT molecular complexity index is 1540. The van der Waals surface area contributed by atoms with Gasteiger partial charge in [0, 0.05) is 37.7 Å². The highest BCUT2D eigenvalue weighted by Gasteiger charge is 2.34. The number of halogens is 4. The summed E-state index contributed by atoms with van der Waals surface area (Å²) >= 11 is 6.50. The first-order valence-corrected chi connectivity index (χ1v) is 12.4. The smallest absolute Gasteiger partial charge is 0.379 e. The lowest BCUT2D eigenvalue weighted by Gasteiger charge is -2.18. The van der Waals surface area contributed by atoms with E-state index in [0.29, 0.717) is 39.9 Å². The van der Waals surface area contributed by atoms with Crippen molar-refractivity contribution in [2.24, 2.45) is 7.05 Å². The normalized spacial score (nSPS) is 13.1. The standard InChI is InChI=1S/C26H24ClF3N8/c1-14(2)38-24(18(27)12-34-38)23-17(9-31)22(16-5-4-6-19(16)35-23)33-11-15-7-8-20(32-10-15)25-36-21(13-37(25)3)26(28,29)30/h7-8,10,12-14H,4-6,11H2,1-3H3,(H,33,35). The first-order chi connectivity index (χ1) is 18.1. The maximum absolute atomic E-state index is 13.0. The minimum absolute atomic E-state index is 0.0195. The number of nitrogens with zero attached hydrogens (tertiary/aromatic N) is 7. The lowest BCUT2D eigenvalue weighted by Crippen LogP contribution is -2.11. The number of aryl methyl sites for hydroxylation is 2. The molecule has 5 rings (SSSR count). The van der Waals surface area contributed by atoms with Crippen LogP contribution >= 0.6 is 11.6 Å². The molecule has 38 heavy (non-hydrogen) atoms. The Kier molecular flexibility index (Phi) is 6.61. The summed E-state index contributed by atoms with van der Waals surface area (Å²) in [5.41, 5.74) is 4.30. The lowest BCUT2D eigenvalue weighted by molar-refractivity contribution is -0.140. The van der Waals surface area contributed by atoms with Crippen molar-refractivity contribution in [1.82, 2.24) is 29.3 Å². The molecule has 0 unspecified atom stereocenters. The van der Waals surface area contributed by atoms with Crippen LogP contribution in [0.25, 0.3) is 22.9 Å². The fraction of sp³-hybridized carbons (Fsp3) is 0.346. The van der Waals surface area contributed by atoms with E-state index in [1.165, 1.54) is 11.6 Å². The Balaban J connectivity index is 1.46. The van der Waals surface area contributed by atoms with E-state index in [2.05, 4.69) is 26.5 Å². The zero-order valence-electron chi connectivity index (χ0n) is 20.9. The number of hydrogen-bond acceptors (Lipinski definition) is 6. The number of nitriles is 1. The summed E-state index contributed by atoms with van der Waals surface area (Å²) in [4.78, 5) is 12.9. The van der Waals surface area contributed by atoms with Gasteiger partial charge in [0.1, 0.15) is 28.7 Å². The number of hydrogen-bond donors (Lipinski definition) is 1. The van der Waals surface area contributed by atoms with Gasteiger partial charge in [0.15, 0.2) is 11.5 Å². The van der Waals surface area contributed by atoms with Crippen LogP contribution in [0.3, 0.4) is 0 Å². The minimum Gasteiger partial charge on any atom is -0.379 e. The van der Waals surface area contributed by atoms with Crippen molar-refractivity contribution in [1.29, 1.82) is 5.26 Å². The van der Waals surface area contributed by atoms with Crippen LogP contribution in [0.2, 0.25) is 5.02 Å². The predicted octanol–water partition coefficient (Wildman–Crippen LogP) is 5.97. The second kappa shape index (κ2) is 9.76. The maximum Gasteiger partial charge on any atom is 0.434 e. The first kappa shape index (κ1) is 25.7. The third kappa shape index (κ3) is 4.60. The molecule has 0 saturated carbocycles. The summed E-state index contributed by atoms with van der Waals surface area (Å²) < 4.78 is 42.2. The Hall–Kier alpha value is -3.91. The fourth-order valence-corrected chi connectivity index (χ4v) is 4.92. The monoisotopic (exact) mass is 540 g/mol. The van der Waals surface area contributed by atoms with Crippen LogP contribution in [0.1, 0.15) is 54.4 Å². The molecular formula is C26H24ClF3N8. The van der Waals surface area contributed by atoms with E-state index in [1.54, 1.807) is 29.2 Å². The van der Waals surface area contributed by atoms with Crippen molar-refractivity contribution in [3.8, 4) is 29.0 Å². The van der Waals surface area contributed by atoms with Crippen LogP contribution in [0.15, 0.2) is 30.7 Å². The summed E-state index contributed by atoms with van der Waals surface area (Å²) in [7, 11) is 1.50. The molecule has 8 nitrogen and oxygen atoms in total. The molecule has 0 spiro atoms. The Morgan fingerprint density at radius 1 is 1.18 bits per heavy atom. The molecule has 4 aromatic heterocycles. The molecule has 0 aromatic carbocycles. The number of anilines is 1. The van der Waals surface area contributed by atoms with Gasteiger partial charge in [-0.05, 0) is 50.3 Å². The van der Waals surface area contributed by atoms with E-state index in [-0.39, 0.29) is 11.9 Å². The summed E-state index contributed by atoms with van der Waals surface area (Å²) in [6.07, 6.45) is 2.09. The highest BCUT2D eigenvalue weighted by atomic mass is 35.5. The molecule has 0 atom stereocenters. The number of fused-ring (bicyclic) bond motifs is 1. The molecule has 0 aliphatic heterocycles. The van der Waals surface area contributed by atoms with Crippen molar-refractivity contribution >= 4 is 17.3 Å². The number of alkyl halides is 3. The van der Waals surface area contributed by atoms with Crippen LogP contribution in [-0.2, 0) is 32.6 Å². The van der Waals surface area contributed by atoms with Gasteiger partial charge in [-0.2, -0.15) is 23.5 Å². The topological polar surface area (TPSA) is 97.2 Å². The van der Waals surface area contributed by atoms with Crippen LogP contribution in [0.4, 0.5) is 18.9 Å². The zero-order valence-corrected chi connectivity index (χ0v) is 21.7. The van der Waals surface area contributed by atoms with E-state index in [9.17, 15) is 18.4 Å². The summed E-state index contributed by atoms with van der Waals surface area (Å²) in [6.45, 7) is 4.32. The zero-order chi connectivity index (χ0) is 27.2. The van der Waals surface area contributed by atoms with E-state index in [4.69, 9.17) is 16.6 Å². The van der Waals surface area contributed by atoms with E-state index < -0.39 is 11.9 Å². The number of pyridine rings is 2. The predicted molar refractivity (Wildman–Crippen MR) is 136 cm³/mol. The first-order valence-electron chi connectivity index (χ1n) is 12.1. The van der Waals surface area contributed by atoms with Crippen molar-refractivity contribution in [3.63, 3.8) is 0 Å². The molecule has 1 aliphatic rings. The van der Waals surface area contributed by atoms with Gasteiger partial charge in [0.2, 0.25) is 0 Å². The van der Waals surface area contributed by atoms with Gasteiger partial charge >= 0.3 is 6.18 Å². The van der Waals surface area contributed by atoms with Gasteiger partial charge in [-0.15, -0.1) is 0 Å². The number of imidazole rings is 1. The average Bonchev–Trinajstić information content (AvgIpc) is 3.60. The molecule has 0 radical (unpaired) electrons. The highest BCUT2D eigenvalue weighted by molar-refractivity contribution is 6.33. The quantitative estimate of drug-likeness (QED) is 0.324. The second-order valence-electron chi connectivity index (χ2n) is 9.44. The van der Waals surface area contributed by atoms with Crippen LogP contribution in [0.5, 0.6) is 0 Å². The van der Waals surface area contributed by atoms with Crippen molar-refractivity contribution in [2.75, 3.05) is 5.32 Å². The number of rotatable bonds is 6. The van der Waals surface area contributed by atoms with E-state index >= 15 is 0 Å². The largest absolute Gasteiger partial charge is 0.434 e. The van der Waals surface area contributed by atoms with Crippen LogP contribution in [-0.4, -0.2) is 29.3 Å². The lowest BCUT2D eigenvalue weighted by atomic mass is 10.0. The molecule has 196 valence electrons.